The summed E-state index contributed by atoms with van der Waals surface area (Å²) in [6.45, 7) is 13.8. The zero-order valence-corrected chi connectivity index (χ0v) is 13.9. The molecule has 118 valence electrons. The molecule has 5 heteroatoms. The highest BCUT2D eigenvalue weighted by Gasteiger charge is 2.24. The molecule has 0 aliphatic carbocycles. The van der Waals surface area contributed by atoms with Gasteiger partial charge in [0.05, 0.1) is 6.10 Å². The summed E-state index contributed by atoms with van der Waals surface area (Å²) in [6.07, 6.45) is 1.37. The van der Waals surface area contributed by atoms with Crippen molar-refractivity contribution in [3.05, 3.63) is 11.8 Å². The number of aromatic nitrogens is 2. The van der Waals surface area contributed by atoms with E-state index in [-0.39, 0.29) is 6.10 Å². The zero-order chi connectivity index (χ0) is 15.4. The smallest absolute Gasteiger partial charge is 0.226 e. The van der Waals surface area contributed by atoms with E-state index in [1.54, 1.807) is 0 Å². The van der Waals surface area contributed by atoms with Crippen molar-refractivity contribution in [2.24, 2.45) is 5.92 Å². The number of aryl methyl sites for hydroxylation is 1. The number of nitrogens with one attached hydrogen (secondary N) is 1. The van der Waals surface area contributed by atoms with Crippen LogP contribution in [0.5, 0.6) is 5.88 Å². The van der Waals surface area contributed by atoms with Crippen LogP contribution in [0.15, 0.2) is 6.07 Å². The number of hydrogen-bond donors (Lipinski definition) is 1. The molecule has 1 N–H and O–H groups in total. The molecule has 1 fully saturated rings. The minimum Gasteiger partial charge on any atom is -0.475 e. The molecule has 0 bridgehead atoms. The molecule has 1 aliphatic rings. The van der Waals surface area contributed by atoms with Crippen molar-refractivity contribution in [2.75, 3.05) is 25.0 Å². The second-order valence-corrected chi connectivity index (χ2v) is 6.46. The van der Waals surface area contributed by atoms with E-state index in [4.69, 9.17) is 4.74 Å². The summed E-state index contributed by atoms with van der Waals surface area (Å²) in [5.74, 6) is 2.00. The summed E-state index contributed by atoms with van der Waals surface area (Å²) in [7, 11) is 0. The second-order valence-electron chi connectivity index (χ2n) is 6.46. The highest BCUT2D eigenvalue weighted by Crippen LogP contribution is 2.19. The Hall–Kier alpha value is -1.36. The maximum atomic E-state index is 5.66. The van der Waals surface area contributed by atoms with E-state index in [1.165, 1.54) is 13.0 Å². The molecule has 1 aromatic heterocycles. The van der Waals surface area contributed by atoms with Crippen molar-refractivity contribution < 1.29 is 4.74 Å². The second kappa shape index (κ2) is 7.07. The van der Waals surface area contributed by atoms with Gasteiger partial charge >= 0.3 is 0 Å². The molecular formula is C16H28N4O. The Morgan fingerprint density at radius 1 is 1.33 bits per heavy atom. The molecule has 1 atom stereocenters. The van der Waals surface area contributed by atoms with Crippen LogP contribution in [0.4, 0.5) is 5.95 Å². The minimum atomic E-state index is 0.126. The van der Waals surface area contributed by atoms with E-state index in [2.05, 4.69) is 34.0 Å². The quantitative estimate of drug-likeness (QED) is 0.873. The van der Waals surface area contributed by atoms with Gasteiger partial charge in [0.1, 0.15) is 0 Å². The van der Waals surface area contributed by atoms with E-state index >= 15 is 0 Å². The summed E-state index contributed by atoms with van der Waals surface area (Å²) >= 11 is 0. The summed E-state index contributed by atoms with van der Waals surface area (Å²) in [4.78, 5) is 11.4. The molecule has 2 rings (SSSR count). The normalized spacial score (nSPS) is 19.5. The van der Waals surface area contributed by atoms with Crippen molar-refractivity contribution in [3.63, 3.8) is 0 Å². The Balaban J connectivity index is 1.90. The third-order valence-corrected chi connectivity index (χ3v) is 3.78. The molecule has 0 aromatic carbocycles. The fraction of sp³-hybridized carbons (Fsp3) is 0.750. The number of ether oxygens (including phenoxy) is 1. The van der Waals surface area contributed by atoms with E-state index in [0.29, 0.717) is 23.8 Å². The topological polar surface area (TPSA) is 50.3 Å². The van der Waals surface area contributed by atoms with Crippen LogP contribution in [0.2, 0.25) is 0 Å². The van der Waals surface area contributed by atoms with E-state index in [9.17, 15) is 0 Å². The molecule has 0 radical (unpaired) electrons. The summed E-state index contributed by atoms with van der Waals surface area (Å²) in [6, 6.07) is 2.51. The molecule has 0 saturated carbocycles. The van der Waals surface area contributed by atoms with Gasteiger partial charge in [-0.2, -0.15) is 4.98 Å². The molecular weight excluding hydrogens is 264 g/mol. The summed E-state index contributed by atoms with van der Waals surface area (Å²) in [5, 5.41) is 3.37. The van der Waals surface area contributed by atoms with Gasteiger partial charge in [0.2, 0.25) is 11.8 Å². The van der Waals surface area contributed by atoms with E-state index < -0.39 is 0 Å². The lowest BCUT2D eigenvalue weighted by atomic mass is 10.1. The van der Waals surface area contributed by atoms with Crippen molar-refractivity contribution in [1.82, 2.24) is 14.9 Å². The lowest BCUT2D eigenvalue weighted by molar-refractivity contribution is 0.232. The zero-order valence-electron chi connectivity index (χ0n) is 13.9. The molecule has 1 aromatic rings. The standard InChI is InChI=1S/C16H28N4O/c1-11(2)20-7-6-14(10-20)9-17-16-18-13(5)8-15(19-16)21-12(3)4/h8,11-12,14H,6-7,9-10H2,1-5H3,(H,17,18,19). The number of rotatable bonds is 6. The van der Waals surface area contributed by atoms with Gasteiger partial charge in [-0.25, -0.2) is 4.98 Å². The summed E-state index contributed by atoms with van der Waals surface area (Å²) < 4.78 is 5.66. The average Bonchev–Trinajstić information content (AvgIpc) is 2.83. The number of anilines is 1. The highest BCUT2D eigenvalue weighted by molar-refractivity contribution is 5.30. The summed E-state index contributed by atoms with van der Waals surface area (Å²) in [5.41, 5.74) is 0.929. The Morgan fingerprint density at radius 3 is 2.71 bits per heavy atom. The Labute approximate surface area is 128 Å². The monoisotopic (exact) mass is 292 g/mol. The van der Waals surface area contributed by atoms with Gasteiger partial charge in [-0.15, -0.1) is 0 Å². The predicted molar refractivity (Wildman–Crippen MR) is 85.8 cm³/mol. The first-order valence-electron chi connectivity index (χ1n) is 7.94. The Bertz CT molecular complexity index is 462. The fourth-order valence-electron chi connectivity index (χ4n) is 2.65. The van der Waals surface area contributed by atoms with Crippen LogP contribution in [0.3, 0.4) is 0 Å². The van der Waals surface area contributed by atoms with Gasteiger partial charge in [0.25, 0.3) is 0 Å². The maximum absolute atomic E-state index is 5.66. The molecule has 5 nitrogen and oxygen atoms in total. The lowest BCUT2D eigenvalue weighted by Gasteiger charge is -2.20. The molecule has 0 spiro atoms. The van der Waals surface area contributed by atoms with E-state index in [0.717, 1.165) is 18.8 Å². The molecule has 1 aliphatic heterocycles. The molecule has 1 unspecified atom stereocenters. The van der Waals surface area contributed by atoms with Crippen LogP contribution in [-0.2, 0) is 0 Å². The van der Waals surface area contributed by atoms with Gasteiger partial charge in [0, 0.05) is 30.9 Å². The molecule has 21 heavy (non-hydrogen) atoms. The van der Waals surface area contributed by atoms with E-state index in [1.807, 2.05) is 26.8 Å². The van der Waals surface area contributed by atoms with Crippen molar-refractivity contribution in [2.45, 2.75) is 53.2 Å². The van der Waals surface area contributed by atoms with Crippen LogP contribution >= 0.6 is 0 Å². The maximum Gasteiger partial charge on any atom is 0.226 e. The highest BCUT2D eigenvalue weighted by atomic mass is 16.5. The van der Waals surface area contributed by atoms with Gasteiger partial charge in [-0.3, -0.25) is 0 Å². The van der Waals surface area contributed by atoms with Crippen molar-refractivity contribution in [1.29, 1.82) is 0 Å². The van der Waals surface area contributed by atoms with Crippen LogP contribution in [0, 0.1) is 12.8 Å². The first kappa shape index (κ1) is 16.0. The first-order chi connectivity index (χ1) is 9.94. The minimum absolute atomic E-state index is 0.126. The van der Waals surface area contributed by atoms with Gasteiger partial charge in [-0.1, -0.05) is 0 Å². The molecule has 2 heterocycles. The number of hydrogen-bond acceptors (Lipinski definition) is 5. The third kappa shape index (κ3) is 4.84. The fourth-order valence-corrected chi connectivity index (χ4v) is 2.65. The van der Waals surface area contributed by atoms with Crippen LogP contribution < -0.4 is 10.1 Å². The van der Waals surface area contributed by atoms with Crippen LogP contribution in [-0.4, -0.2) is 46.6 Å². The number of nitrogens with zero attached hydrogens (tertiary/aromatic N) is 3. The van der Waals surface area contributed by atoms with Crippen LogP contribution in [0.25, 0.3) is 0 Å². The first-order valence-corrected chi connectivity index (χ1v) is 7.94. The van der Waals surface area contributed by atoms with Crippen molar-refractivity contribution >= 4 is 5.95 Å². The molecule has 0 amide bonds. The third-order valence-electron chi connectivity index (χ3n) is 3.78. The SMILES string of the molecule is Cc1cc(OC(C)C)nc(NCC2CCN(C(C)C)C2)n1. The van der Waals surface area contributed by atoms with Gasteiger partial charge in [-0.05, 0) is 53.5 Å². The lowest BCUT2D eigenvalue weighted by Crippen LogP contribution is -2.29. The Kier molecular flexibility index (Phi) is 5.39. The van der Waals surface area contributed by atoms with Gasteiger partial charge in [0.15, 0.2) is 0 Å². The average molecular weight is 292 g/mol. The number of likely N-dealkylation sites (tertiary alicyclic amines) is 1. The van der Waals surface area contributed by atoms with Crippen LogP contribution in [0.1, 0.15) is 39.8 Å². The van der Waals surface area contributed by atoms with Gasteiger partial charge < -0.3 is 15.0 Å². The van der Waals surface area contributed by atoms with Crippen molar-refractivity contribution in [3.8, 4) is 5.88 Å². The largest absolute Gasteiger partial charge is 0.475 e. The molecule has 1 saturated heterocycles. The Morgan fingerprint density at radius 2 is 2.10 bits per heavy atom. The predicted octanol–water partition coefficient (Wildman–Crippen LogP) is 2.71.